The van der Waals surface area contributed by atoms with Gasteiger partial charge in [0.2, 0.25) is 10.0 Å². The zero-order valence-corrected chi connectivity index (χ0v) is 13.6. The van der Waals surface area contributed by atoms with Crippen LogP contribution in [0, 0.1) is 0 Å². The minimum atomic E-state index is -3.53. The Labute approximate surface area is 131 Å². The third-order valence-electron chi connectivity index (χ3n) is 4.60. The van der Waals surface area contributed by atoms with Crippen LogP contribution in [0.15, 0.2) is 29.2 Å². The van der Waals surface area contributed by atoms with Crippen LogP contribution in [-0.2, 0) is 10.0 Å². The number of hydrogen-bond acceptors (Lipinski definition) is 4. The summed E-state index contributed by atoms with van der Waals surface area (Å²) in [6, 6.07) is 7.12. The van der Waals surface area contributed by atoms with Crippen LogP contribution < -0.4 is 5.32 Å². The van der Waals surface area contributed by atoms with E-state index in [0.717, 1.165) is 19.3 Å². The summed E-state index contributed by atoms with van der Waals surface area (Å²) in [7, 11) is -3.53. The van der Waals surface area contributed by atoms with E-state index in [0.29, 0.717) is 31.1 Å². The molecule has 1 aromatic carbocycles. The second kappa shape index (κ2) is 6.10. The first-order chi connectivity index (χ1) is 10.5. The lowest BCUT2D eigenvalue weighted by Crippen LogP contribution is -2.39. The van der Waals surface area contributed by atoms with Crippen LogP contribution in [0.3, 0.4) is 0 Å². The van der Waals surface area contributed by atoms with E-state index in [-0.39, 0.29) is 16.7 Å². The highest BCUT2D eigenvalue weighted by molar-refractivity contribution is 7.89. The number of rotatable bonds is 4. The fraction of sp³-hybridized carbons (Fsp3) is 0.562. The van der Waals surface area contributed by atoms with Crippen molar-refractivity contribution >= 4 is 15.8 Å². The lowest BCUT2D eigenvalue weighted by molar-refractivity contribution is 0.0988. The maximum atomic E-state index is 12.9. The van der Waals surface area contributed by atoms with Crippen molar-refractivity contribution in [1.82, 2.24) is 9.62 Å². The molecule has 2 unspecified atom stereocenters. The van der Waals surface area contributed by atoms with Crippen LogP contribution in [0.2, 0.25) is 0 Å². The summed E-state index contributed by atoms with van der Waals surface area (Å²) in [5, 5.41) is 3.48. The number of carbonyl (C=O) groups is 1. The van der Waals surface area contributed by atoms with Crippen LogP contribution in [0.4, 0.5) is 0 Å². The zero-order valence-electron chi connectivity index (χ0n) is 12.8. The average Bonchev–Trinajstić information content (AvgIpc) is 2.85. The predicted molar refractivity (Wildman–Crippen MR) is 84.4 cm³/mol. The largest absolute Gasteiger partial charge is 0.310 e. The van der Waals surface area contributed by atoms with E-state index in [2.05, 4.69) is 5.32 Å². The van der Waals surface area contributed by atoms with E-state index in [1.807, 2.05) is 0 Å². The van der Waals surface area contributed by atoms with Gasteiger partial charge in [-0.25, -0.2) is 8.42 Å². The monoisotopic (exact) mass is 322 g/mol. The maximum Gasteiger partial charge on any atom is 0.243 e. The van der Waals surface area contributed by atoms with Crippen LogP contribution in [0.5, 0.6) is 0 Å². The smallest absolute Gasteiger partial charge is 0.243 e. The minimum Gasteiger partial charge on any atom is -0.310 e. The molecule has 2 saturated heterocycles. The molecule has 2 heterocycles. The first-order valence-electron chi connectivity index (χ1n) is 7.90. The fourth-order valence-electron chi connectivity index (χ4n) is 3.31. The molecule has 0 radical (unpaired) electrons. The number of nitrogens with zero attached hydrogens (tertiary/aromatic N) is 1. The number of fused-ring (bicyclic) bond motifs is 2. The molecule has 22 heavy (non-hydrogen) atoms. The summed E-state index contributed by atoms with van der Waals surface area (Å²) >= 11 is 0. The van der Waals surface area contributed by atoms with Crippen molar-refractivity contribution in [3.05, 3.63) is 29.8 Å². The van der Waals surface area contributed by atoms with Gasteiger partial charge in [-0.15, -0.1) is 0 Å². The Bertz CT molecular complexity index is 672. The normalized spacial score (nSPS) is 25.9. The molecule has 0 aliphatic carbocycles. The van der Waals surface area contributed by atoms with Gasteiger partial charge in [0.25, 0.3) is 0 Å². The van der Waals surface area contributed by atoms with Crippen molar-refractivity contribution < 1.29 is 13.2 Å². The topological polar surface area (TPSA) is 66.5 Å². The molecule has 2 aliphatic rings. The number of carbonyl (C=O) groups excluding carboxylic acids is 1. The third kappa shape index (κ3) is 2.95. The molecular formula is C16H22N2O3S. The molecule has 1 aromatic rings. The molecular weight excluding hydrogens is 300 g/mol. The molecule has 0 saturated carbocycles. The molecule has 3 rings (SSSR count). The lowest BCUT2D eigenvalue weighted by atomic mass is 10.1. The Kier molecular flexibility index (Phi) is 4.34. The van der Waals surface area contributed by atoms with Gasteiger partial charge in [0.15, 0.2) is 5.78 Å². The highest BCUT2D eigenvalue weighted by atomic mass is 32.2. The summed E-state index contributed by atoms with van der Waals surface area (Å²) in [6.07, 6.45) is 3.40. The summed E-state index contributed by atoms with van der Waals surface area (Å²) in [4.78, 5) is 12.0. The Hall–Kier alpha value is -1.24. The van der Waals surface area contributed by atoms with Crippen LogP contribution in [0.25, 0.3) is 0 Å². The molecule has 5 nitrogen and oxygen atoms in total. The van der Waals surface area contributed by atoms with Crippen molar-refractivity contribution in [2.45, 2.75) is 49.6 Å². The number of Topliss-reactive ketones (excluding diaryl/α,β-unsaturated/α-hetero) is 1. The van der Waals surface area contributed by atoms with E-state index < -0.39 is 10.0 Å². The number of ketones is 1. The standard InChI is InChI=1S/C16H22N2O3S/c1-2-16(19)12-4-3-5-15(10-12)22(20,21)18-9-8-13-6-7-14(11-18)17-13/h3-5,10,13-14,17H,2,6-9,11H2,1H3. The van der Waals surface area contributed by atoms with Crippen molar-refractivity contribution in [1.29, 1.82) is 0 Å². The molecule has 2 bridgehead atoms. The van der Waals surface area contributed by atoms with Gasteiger partial charge in [0, 0.05) is 37.2 Å². The summed E-state index contributed by atoms with van der Waals surface area (Å²) in [6.45, 7) is 2.84. The third-order valence-corrected chi connectivity index (χ3v) is 6.46. The highest BCUT2D eigenvalue weighted by Crippen LogP contribution is 2.25. The number of sulfonamides is 1. The van der Waals surface area contributed by atoms with Gasteiger partial charge < -0.3 is 5.32 Å². The van der Waals surface area contributed by atoms with Gasteiger partial charge in [-0.2, -0.15) is 4.31 Å². The van der Waals surface area contributed by atoms with E-state index in [1.54, 1.807) is 29.4 Å². The van der Waals surface area contributed by atoms with Gasteiger partial charge in [0.1, 0.15) is 0 Å². The summed E-state index contributed by atoms with van der Waals surface area (Å²) < 4.78 is 27.3. The Morgan fingerprint density at radius 2 is 2.05 bits per heavy atom. The predicted octanol–water partition coefficient (Wildman–Crippen LogP) is 1.79. The molecule has 2 fully saturated rings. The average molecular weight is 322 g/mol. The van der Waals surface area contributed by atoms with E-state index in [9.17, 15) is 13.2 Å². The second-order valence-corrected chi connectivity index (χ2v) is 8.03. The van der Waals surface area contributed by atoms with Crippen molar-refractivity contribution in [2.24, 2.45) is 0 Å². The number of nitrogens with one attached hydrogen (secondary N) is 1. The van der Waals surface area contributed by atoms with E-state index in [4.69, 9.17) is 0 Å². The van der Waals surface area contributed by atoms with E-state index in [1.165, 1.54) is 6.07 Å². The molecule has 1 N–H and O–H groups in total. The highest BCUT2D eigenvalue weighted by Gasteiger charge is 2.35. The number of hydrogen-bond donors (Lipinski definition) is 1. The molecule has 0 amide bonds. The Balaban J connectivity index is 1.87. The quantitative estimate of drug-likeness (QED) is 0.858. The van der Waals surface area contributed by atoms with Crippen LogP contribution in [-0.4, -0.2) is 43.7 Å². The summed E-state index contributed by atoms with van der Waals surface area (Å²) in [5.74, 6) is -0.0337. The molecule has 2 aliphatic heterocycles. The lowest BCUT2D eigenvalue weighted by Gasteiger charge is -2.23. The van der Waals surface area contributed by atoms with Gasteiger partial charge >= 0.3 is 0 Å². The van der Waals surface area contributed by atoms with Crippen molar-refractivity contribution in [3.63, 3.8) is 0 Å². The summed E-state index contributed by atoms with van der Waals surface area (Å²) in [5.41, 5.74) is 0.470. The van der Waals surface area contributed by atoms with Crippen LogP contribution in [0.1, 0.15) is 43.0 Å². The minimum absolute atomic E-state index is 0.0337. The molecule has 120 valence electrons. The number of benzene rings is 1. The van der Waals surface area contributed by atoms with Gasteiger partial charge in [-0.05, 0) is 31.4 Å². The van der Waals surface area contributed by atoms with Crippen molar-refractivity contribution in [3.8, 4) is 0 Å². The molecule has 2 atom stereocenters. The van der Waals surface area contributed by atoms with E-state index >= 15 is 0 Å². The fourth-order valence-corrected chi connectivity index (χ4v) is 4.86. The van der Waals surface area contributed by atoms with Crippen LogP contribution >= 0.6 is 0 Å². The molecule has 0 aromatic heterocycles. The van der Waals surface area contributed by atoms with Crippen molar-refractivity contribution in [2.75, 3.05) is 13.1 Å². The van der Waals surface area contributed by atoms with Gasteiger partial charge in [-0.3, -0.25) is 4.79 Å². The molecule has 0 spiro atoms. The van der Waals surface area contributed by atoms with Gasteiger partial charge in [0.05, 0.1) is 4.90 Å². The Morgan fingerprint density at radius 3 is 2.82 bits per heavy atom. The Morgan fingerprint density at radius 1 is 1.27 bits per heavy atom. The first kappa shape index (κ1) is 15.6. The first-order valence-corrected chi connectivity index (χ1v) is 9.34. The zero-order chi connectivity index (χ0) is 15.7. The second-order valence-electron chi connectivity index (χ2n) is 6.09. The maximum absolute atomic E-state index is 12.9. The molecule has 6 heteroatoms. The van der Waals surface area contributed by atoms with Gasteiger partial charge in [-0.1, -0.05) is 19.1 Å². The SMILES string of the molecule is CCC(=O)c1cccc(S(=O)(=O)N2CCC3CCC(C2)N3)c1.